The smallest absolute Gasteiger partial charge is 0.234 e. The minimum absolute atomic E-state index is 0.0541. The molecule has 2 aromatic carbocycles. The van der Waals surface area contributed by atoms with E-state index in [9.17, 15) is 4.79 Å². The normalized spacial score (nSPS) is 19.4. The molecule has 0 saturated carbocycles. The largest absolute Gasteiger partial charge is 0.454 e. The van der Waals surface area contributed by atoms with Gasteiger partial charge < -0.3 is 14.4 Å². The van der Waals surface area contributed by atoms with Gasteiger partial charge in [0.25, 0.3) is 0 Å². The van der Waals surface area contributed by atoms with Gasteiger partial charge >= 0.3 is 0 Å². The molecular weight excluding hydrogens is 334 g/mol. The van der Waals surface area contributed by atoms with E-state index in [1.807, 2.05) is 47.4 Å². The number of ether oxygens (including phenoxy) is 2. The molecule has 2 aliphatic heterocycles. The fourth-order valence-corrected chi connectivity index (χ4v) is 4.32. The van der Waals surface area contributed by atoms with Gasteiger partial charge in [-0.1, -0.05) is 35.9 Å². The second kappa shape index (κ2) is 5.98. The van der Waals surface area contributed by atoms with Crippen molar-refractivity contribution < 1.29 is 14.3 Å². The van der Waals surface area contributed by atoms with Crippen LogP contribution in [0.1, 0.15) is 16.5 Å². The van der Waals surface area contributed by atoms with E-state index in [4.69, 9.17) is 21.1 Å². The molecule has 23 heavy (non-hydrogen) atoms. The van der Waals surface area contributed by atoms with Gasteiger partial charge in [-0.3, -0.25) is 4.79 Å². The topological polar surface area (TPSA) is 38.8 Å². The number of fused-ring (bicyclic) bond motifs is 1. The van der Waals surface area contributed by atoms with Crippen LogP contribution in [0.5, 0.6) is 11.5 Å². The van der Waals surface area contributed by atoms with E-state index in [-0.39, 0.29) is 18.1 Å². The van der Waals surface area contributed by atoms with E-state index in [0.29, 0.717) is 17.3 Å². The summed E-state index contributed by atoms with van der Waals surface area (Å²) >= 11 is 7.92. The standard InChI is InChI=1S/C17H14ClNO3S/c18-13-4-2-1-3-12(13)17-19(16(20)9-23-17)8-11-5-6-14-15(7-11)22-10-21-14/h1-7,17H,8-10H2. The molecule has 0 aliphatic carbocycles. The summed E-state index contributed by atoms with van der Waals surface area (Å²) in [7, 11) is 0. The third kappa shape index (κ3) is 2.75. The SMILES string of the molecule is O=C1CSC(c2ccccc2Cl)N1Cc1ccc2c(c1)OCO2. The third-order valence-corrected chi connectivity index (χ3v) is 5.51. The van der Waals surface area contributed by atoms with Gasteiger partial charge in [0.1, 0.15) is 5.37 Å². The van der Waals surface area contributed by atoms with Crippen LogP contribution in [-0.4, -0.2) is 23.4 Å². The van der Waals surface area contributed by atoms with E-state index < -0.39 is 0 Å². The van der Waals surface area contributed by atoms with Crippen molar-refractivity contribution in [3.05, 3.63) is 58.6 Å². The van der Waals surface area contributed by atoms with Crippen LogP contribution in [0, 0.1) is 0 Å². The minimum Gasteiger partial charge on any atom is -0.454 e. The van der Waals surface area contributed by atoms with Crippen molar-refractivity contribution in [2.75, 3.05) is 12.5 Å². The second-order valence-corrected chi connectivity index (χ2v) is 6.87. The fourth-order valence-electron chi connectivity index (χ4n) is 2.79. The lowest BCUT2D eigenvalue weighted by atomic mass is 10.1. The van der Waals surface area contributed by atoms with Gasteiger partial charge in [-0.15, -0.1) is 11.8 Å². The quantitative estimate of drug-likeness (QED) is 0.845. The van der Waals surface area contributed by atoms with Gasteiger partial charge in [0.15, 0.2) is 11.5 Å². The number of halogens is 1. The second-order valence-electron chi connectivity index (χ2n) is 5.39. The van der Waals surface area contributed by atoms with Crippen molar-refractivity contribution >= 4 is 29.3 Å². The first kappa shape index (κ1) is 14.7. The molecular formula is C17H14ClNO3S. The molecule has 0 radical (unpaired) electrons. The van der Waals surface area contributed by atoms with Crippen molar-refractivity contribution in [2.24, 2.45) is 0 Å². The zero-order valence-corrected chi connectivity index (χ0v) is 13.8. The zero-order chi connectivity index (χ0) is 15.8. The highest BCUT2D eigenvalue weighted by Gasteiger charge is 2.34. The predicted molar refractivity (Wildman–Crippen MR) is 89.8 cm³/mol. The van der Waals surface area contributed by atoms with Crippen LogP contribution >= 0.6 is 23.4 Å². The van der Waals surface area contributed by atoms with E-state index >= 15 is 0 Å². The molecule has 0 bridgehead atoms. The monoisotopic (exact) mass is 347 g/mol. The Bertz CT molecular complexity index is 767. The van der Waals surface area contributed by atoms with Crippen LogP contribution in [0.15, 0.2) is 42.5 Å². The van der Waals surface area contributed by atoms with E-state index in [1.54, 1.807) is 11.8 Å². The number of benzene rings is 2. The van der Waals surface area contributed by atoms with Crippen LogP contribution in [0.2, 0.25) is 5.02 Å². The summed E-state index contributed by atoms with van der Waals surface area (Å²) in [6.07, 6.45) is 0. The maximum absolute atomic E-state index is 12.3. The molecule has 4 nitrogen and oxygen atoms in total. The summed E-state index contributed by atoms with van der Waals surface area (Å²) in [5, 5.41) is 0.636. The van der Waals surface area contributed by atoms with Gasteiger partial charge in [-0.2, -0.15) is 0 Å². The van der Waals surface area contributed by atoms with Gasteiger partial charge in [0, 0.05) is 17.1 Å². The van der Waals surface area contributed by atoms with Gasteiger partial charge in [-0.05, 0) is 23.8 Å². The van der Waals surface area contributed by atoms with Crippen molar-refractivity contribution in [1.29, 1.82) is 0 Å². The maximum atomic E-state index is 12.3. The Hall–Kier alpha value is -1.85. The number of carbonyl (C=O) groups is 1. The van der Waals surface area contributed by atoms with Crippen molar-refractivity contribution in [3.63, 3.8) is 0 Å². The Morgan fingerprint density at radius 3 is 2.87 bits per heavy atom. The van der Waals surface area contributed by atoms with Gasteiger partial charge in [0.05, 0.1) is 5.75 Å². The first-order valence-corrected chi connectivity index (χ1v) is 8.69. The van der Waals surface area contributed by atoms with Gasteiger partial charge in [-0.25, -0.2) is 0 Å². The molecule has 2 aliphatic rings. The minimum atomic E-state index is -0.0541. The van der Waals surface area contributed by atoms with Crippen molar-refractivity contribution in [3.8, 4) is 11.5 Å². The molecule has 0 aromatic heterocycles. The molecule has 1 saturated heterocycles. The van der Waals surface area contributed by atoms with Crippen LogP contribution in [0.4, 0.5) is 0 Å². The summed E-state index contributed by atoms with van der Waals surface area (Å²) in [5.74, 6) is 2.08. The molecule has 0 N–H and O–H groups in total. The van der Waals surface area contributed by atoms with Crippen LogP contribution < -0.4 is 9.47 Å². The number of nitrogens with zero attached hydrogens (tertiary/aromatic N) is 1. The molecule has 1 fully saturated rings. The predicted octanol–water partition coefficient (Wildman–Crippen LogP) is 3.84. The van der Waals surface area contributed by atoms with Crippen LogP contribution in [0.25, 0.3) is 0 Å². The summed E-state index contributed by atoms with van der Waals surface area (Å²) < 4.78 is 10.7. The number of carbonyl (C=O) groups excluding carboxylic acids is 1. The maximum Gasteiger partial charge on any atom is 0.234 e. The lowest BCUT2D eigenvalue weighted by molar-refractivity contribution is -0.128. The van der Waals surface area contributed by atoms with Crippen LogP contribution in [-0.2, 0) is 11.3 Å². The number of hydrogen-bond donors (Lipinski definition) is 0. The summed E-state index contributed by atoms with van der Waals surface area (Å²) in [6, 6.07) is 13.5. The fraction of sp³-hybridized carbons (Fsp3) is 0.235. The Balaban J connectivity index is 1.61. The lowest BCUT2D eigenvalue weighted by Gasteiger charge is -2.25. The molecule has 0 spiro atoms. The average Bonchev–Trinajstić information content (AvgIpc) is 3.15. The van der Waals surface area contributed by atoms with Crippen LogP contribution in [0.3, 0.4) is 0 Å². The van der Waals surface area contributed by atoms with E-state index in [2.05, 4.69) is 0 Å². The third-order valence-electron chi connectivity index (χ3n) is 3.93. The summed E-state index contributed by atoms with van der Waals surface area (Å²) in [5.41, 5.74) is 1.99. The molecule has 2 aromatic rings. The molecule has 118 valence electrons. The van der Waals surface area contributed by atoms with Crippen molar-refractivity contribution in [2.45, 2.75) is 11.9 Å². The number of amides is 1. The Morgan fingerprint density at radius 1 is 1.17 bits per heavy atom. The van der Waals surface area contributed by atoms with E-state index in [0.717, 1.165) is 22.6 Å². The number of rotatable bonds is 3. The highest BCUT2D eigenvalue weighted by Crippen LogP contribution is 2.42. The lowest BCUT2D eigenvalue weighted by Crippen LogP contribution is -2.27. The molecule has 2 heterocycles. The molecule has 4 rings (SSSR count). The zero-order valence-electron chi connectivity index (χ0n) is 12.2. The number of thioether (sulfide) groups is 1. The Labute approximate surface area is 143 Å². The Morgan fingerprint density at radius 2 is 2.00 bits per heavy atom. The van der Waals surface area contributed by atoms with Gasteiger partial charge in [0.2, 0.25) is 12.7 Å². The average molecular weight is 348 g/mol. The number of hydrogen-bond acceptors (Lipinski definition) is 4. The highest BCUT2D eigenvalue weighted by atomic mass is 35.5. The van der Waals surface area contributed by atoms with Crippen molar-refractivity contribution in [1.82, 2.24) is 4.90 Å². The highest BCUT2D eigenvalue weighted by molar-refractivity contribution is 8.00. The molecule has 1 amide bonds. The van der Waals surface area contributed by atoms with E-state index in [1.165, 1.54) is 0 Å². The first-order chi connectivity index (χ1) is 11.2. The summed E-state index contributed by atoms with van der Waals surface area (Å²) in [6.45, 7) is 0.776. The summed E-state index contributed by atoms with van der Waals surface area (Å²) in [4.78, 5) is 14.2. The Kier molecular flexibility index (Phi) is 3.83. The first-order valence-electron chi connectivity index (χ1n) is 7.26. The molecule has 1 atom stereocenters. The molecule has 6 heteroatoms. The molecule has 1 unspecified atom stereocenters.